The van der Waals surface area contributed by atoms with E-state index in [-0.39, 0.29) is 11.4 Å². The average molecular weight is 361 g/mol. The molecule has 0 amide bonds. The molecule has 0 aliphatic carbocycles. The zero-order valence-electron chi connectivity index (χ0n) is 14.6. The van der Waals surface area contributed by atoms with Crippen molar-refractivity contribution in [1.82, 2.24) is 4.57 Å². The molecule has 0 unspecified atom stereocenters. The fourth-order valence-electron chi connectivity index (χ4n) is 2.54. The quantitative estimate of drug-likeness (QED) is 0.438. The van der Waals surface area contributed by atoms with E-state index >= 15 is 0 Å². The van der Waals surface area contributed by atoms with E-state index in [4.69, 9.17) is 4.74 Å². The van der Waals surface area contributed by atoms with Crippen molar-refractivity contribution in [2.24, 2.45) is 5.10 Å². The van der Waals surface area contributed by atoms with Crippen molar-refractivity contribution in [3.05, 3.63) is 61.4 Å². The van der Waals surface area contributed by atoms with Crippen molar-refractivity contribution in [3.8, 4) is 0 Å². The number of anilines is 1. The smallest absolute Gasteiger partial charge is 0.301 e. The minimum absolute atomic E-state index is 0.0741. The summed E-state index contributed by atoms with van der Waals surface area (Å²) in [6.07, 6.45) is 1.55. The molecule has 138 valence electrons. The molecule has 0 radical (unpaired) electrons. The van der Waals surface area contributed by atoms with Gasteiger partial charge in [-0.05, 0) is 26.0 Å². The van der Waals surface area contributed by atoms with E-state index in [2.05, 4.69) is 15.1 Å². The van der Waals surface area contributed by atoms with Gasteiger partial charge in [-0.2, -0.15) is 5.10 Å². The van der Waals surface area contributed by atoms with Crippen LogP contribution in [0, 0.1) is 34.1 Å². The Morgan fingerprint density at radius 3 is 2.58 bits per heavy atom. The molecule has 0 spiro atoms. The number of hydrogen-bond acceptors (Lipinski definition) is 7. The van der Waals surface area contributed by atoms with Crippen LogP contribution in [0.1, 0.15) is 17.0 Å². The SMILES string of the molecule is COCCn1c(C)cc(/C=N\Nc2ccc([N+](=O)[O-])cc2[N+](=O)[O-])c1C. The number of nitrogens with zero attached hydrogens (tertiary/aromatic N) is 4. The Morgan fingerprint density at radius 1 is 1.23 bits per heavy atom. The number of hydrogen-bond donors (Lipinski definition) is 1. The van der Waals surface area contributed by atoms with Crippen LogP contribution < -0.4 is 5.43 Å². The number of benzene rings is 1. The third kappa shape index (κ3) is 4.22. The number of hydrazone groups is 1. The summed E-state index contributed by atoms with van der Waals surface area (Å²) < 4.78 is 7.17. The number of rotatable bonds is 8. The molecule has 2 aromatic rings. The van der Waals surface area contributed by atoms with E-state index in [1.807, 2.05) is 19.9 Å². The molecule has 10 heteroatoms. The highest BCUT2D eigenvalue weighted by Gasteiger charge is 2.19. The Morgan fingerprint density at radius 2 is 1.96 bits per heavy atom. The lowest BCUT2D eigenvalue weighted by atomic mass is 10.2. The van der Waals surface area contributed by atoms with E-state index in [1.54, 1.807) is 13.3 Å². The summed E-state index contributed by atoms with van der Waals surface area (Å²) >= 11 is 0. The van der Waals surface area contributed by atoms with Crippen molar-refractivity contribution >= 4 is 23.3 Å². The second-order valence-electron chi connectivity index (χ2n) is 5.56. The molecular formula is C16H19N5O5. The highest BCUT2D eigenvalue weighted by atomic mass is 16.6. The number of aryl methyl sites for hydroxylation is 1. The molecule has 0 fully saturated rings. The lowest BCUT2D eigenvalue weighted by Gasteiger charge is -2.08. The fraction of sp³-hybridized carbons (Fsp3) is 0.312. The third-order valence-electron chi connectivity index (χ3n) is 3.91. The molecule has 1 N–H and O–H groups in total. The monoisotopic (exact) mass is 361 g/mol. The maximum atomic E-state index is 11.1. The minimum atomic E-state index is -0.693. The molecule has 26 heavy (non-hydrogen) atoms. The Hall–Kier alpha value is -3.27. The van der Waals surface area contributed by atoms with Crippen molar-refractivity contribution in [2.45, 2.75) is 20.4 Å². The van der Waals surface area contributed by atoms with Crippen LogP contribution in [0.3, 0.4) is 0 Å². The molecule has 1 heterocycles. The van der Waals surface area contributed by atoms with E-state index < -0.39 is 15.5 Å². The van der Waals surface area contributed by atoms with Gasteiger partial charge in [-0.25, -0.2) is 0 Å². The van der Waals surface area contributed by atoms with Crippen molar-refractivity contribution in [2.75, 3.05) is 19.1 Å². The van der Waals surface area contributed by atoms with E-state index in [1.165, 1.54) is 12.1 Å². The highest BCUT2D eigenvalue weighted by molar-refractivity contribution is 5.82. The molecule has 0 aliphatic rings. The number of ether oxygens (including phenoxy) is 1. The summed E-state index contributed by atoms with van der Waals surface area (Å²) in [5.74, 6) is 0. The lowest BCUT2D eigenvalue weighted by Crippen LogP contribution is -2.07. The molecule has 0 saturated carbocycles. The first kappa shape index (κ1) is 19.1. The van der Waals surface area contributed by atoms with Crippen LogP contribution in [-0.4, -0.2) is 34.3 Å². The van der Waals surface area contributed by atoms with Crippen LogP contribution in [0.2, 0.25) is 0 Å². The summed E-state index contributed by atoms with van der Waals surface area (Å²) in [5.41, 5.74) is 4.78. The first-order valence-electron chi connectivity index (χ1n) is 7.72. The van der Waals surface area contributed by atoms with Crippen LogP contribution in [0.4, 0.5) is 17.1 Å². The molecule has 10 nitrogen and oxygen atoms in total. The second-order valence-corrected chi connectivity index (χ2v) is 5.56. The molecular weight excluding hydrogens is 342 g/mol. The number of nitro groups is 2. The molecule has 2 rings (SSSR count). The van der Waals surface area contributed by atoms with Gasteiger partial charge in [-0.15, -0.1) is 0 Å². The average Bonchev–Trinajstić information content (AvgIpc) is 2.86. The van der Waals surface area contributed by atoms with Crippen molar-refractivity contribution in [1.29, 1.82) is 0 Å². The topological polar surface area (TPSA) is 125 Å². The van der Waals surface area contributed by atoms with Gasteiger partial charge in [0.15, 0.2) is 0 Å². The van der Waals surface area contributed by atoms with Crippen molar-refractivity contribution in [3.63, 3.8) is 0 Å². The van der Waals surface area contributed by atoms with Gasteiger partial charge >= 0.3 is 5.69 Å². The Kier molecular flexibility index (Phi) is 6.02. The number of non-ortho nitro benzene ring substituents is 1. The fourth-order valence-corrected chi connectivity index (χ4v) is 2.54. The summed E-state index contributed by atoms with van der Waals surface area (Å²) in [5, 5.41) is 25.9. The minimum Gasteiger partial charge on any atom is -0.383 e. The maximum Gasteiger partial charge on any atom is 0.301 e. The van der Waals surface area contributed by atoms with Crippen LogP contribution in [0.15, 0.2) is 29.4 Å². The molecule has 1 aromatic heterocycles. The van der Waals surface area contributed by atoms with Gasteiger partial charge in [0.05, 0.1) is 28.7 Å². The lowest BCUT2D eigenvalue weighted by molar-refractivity contribution is -0.393. The number of nitro benzene ring substituents is 2. The summed E-state index contributed by atoms with van der Waals surface area (Å²) in [7, 11) is 1.64. The normalized spacial score (nSPS) is 11.0. The highest BCUT2D eigenvalue weighted by Crippen LogP contribution is 2.28. The van der Waals surface area contributed by atoms with E-state index in [0.29, 0.717) is 13.2 Å². The molecule has 0 bridgehead atoms. The Bertz CT molecular complexity index is 859. The van der Waals surface area contributed by atoms with Gasteiger partial charge < -0.3 is 9.30 Å². The molecule has 0 saturated heterocycles. The first-order valence-corrected chi connectivity index (χ1v) is 7.72. The zero-order valence-corrected chi connectivity index (χ0v) is 14.6. The Labute approximate surface area is 149 Å². The largest absolute Gasteiger partial charge is 0.383 e. The molecule has 0 atom stereocenters. The summed E-state index contributed by atoms with van der Waals surface area (Å²) in [4.78, 5) is 20.5. The maximum absolute atomic E-state index is 11.1. The Balaban J connectivity index is 2.21. The van der Waals surface area contributed by atoms with Gasteiger partial charge in [0.2, 0.25) is 0 Å². The van der Waals surface area contributed by atoms with Crippen LogP contribution in [-0.2, 0) is 11.3 Å². The van der Waals surface area contributed by atoms with E-state index in [9.17, 15) is 20.2 Å². The van der Waals surface area contributed by atoms with Gasteiger partial charge in [-0.3, -0.25) is 25.7 Å². The number of methoxy groups -OCH3 is 1. The summed E-state index contributed by atoms with van der Waals surface area (Å²) in [6.45, 7) is 5.20. The second kappa shape index (κ2) is 8.21. The van der Waals surface area contributed by atoms with Gasteiger partial charge in [0.1, 0.15) is 5.69 Å². The van der Waals surface area contributed by atoms with E-state index in [0.717, 1.165) is 23.0 Å². The summed E-state index contributed by atoms with van der Waals surface area (Å²) in [6, 6.07) is 5.28. The van der Waals surface area contributed by atoms with Gasteiger partial charge in [0.25, 0.3) is 5.69 Å². The van der Waals surface area contributed by atoms with Gasteiger partial charge in [-0.1, -0.05) is 0 Å². The third-order valence-corrected chi connectivity index (χ3v) is 3.91. The predicted molar refractivity (Wildman–Crippen MR) is 96.7 cm³/mol. The van der Waals surface area contributed by atoms with Crippen molar-refractivity contribution < 1.29 is 14.6 Å². The molecule has 0 aliphatic heterocycles. The molecule has 1 aromatic carbocycles. The van der Waals surface area contributed by atoms with Crippen LogP contribution >= 0.6 is 0 Å². The standard InChI is InChI=1S/C16H19N5O5/c1-11-8-13(12(2)19(11)6-7-26-3)10-17-18-15-5-4-14(20(22)23)9-16(15)21(24)25/h4-5,8-10,18H,6-7H2,1-3H3/b17-10-. The van der Waals surface area contributed by atoms with Crippen LogP contribution in [0.5, 0.6) is 0 Å². The number of nitrogens with one attached hydrogen (secondary N) is 1. The number of aromatic nitrogens is 1. The van der Waals surface area contributed by atoms with Gasteiger partial charge in [0, 0.05) is 36.7 Å². The first-order chi connectivity index (χ1) is 12.3. The van der Waals surface area contributed by atoms with Crippen LogP contribution in [0.25, 0.3) is 0 Å². The predicted octanol–water partition coefficient (Wildman–Crippen LogP) is 3.01. The zero-order chi connectivity index (χ0) is 19.3.